The molecule has 0 radical (unpaired) electrons. The van der Waals surface area contributed by atoms with E-state index in [1.807, 2.05) is 0 Å². The van der Waals surface area contributed by atoms with Crippen LogP contribution < -0.4 is 14.8 Å². The molecule has 1 aliphatic heterocycles. The maximum absolute atomic E-state index is 15.3. The first-order valence-corrected chi connectivity index (χ1v) is 14.8. The molecule has 0 amide bonds. The van der Waals surface area contributed by atoms with Gasteiger partial charge in [0, 0.05) is 34.9 Å². The number of carbonyl (C=O) groups is 1. The lowest BCUT2D eigenvalue weighted by molar-refractivity contribution is -0.137. The maximum atomic E-state index is 15.3. The molecule has 1 atom stereocenters. The molecular weight excluding hydrogens is 594 g/mol. The Labute approximate surface area is 245 Å². The van der Waals surface area contributed by atoms with Gasteiger partial charge in [0.1, 0.15) is 16.5 Å². The second-order valence-electron chi connectivity index (χ2n) is 10.0. The molecule has 220 valence electrons. The Morgan fingerprint density at radius 1 is 1.12 bits per heavy atom. The van der Waals surface area contributed by atoms with Gasteiger partial charge in [-0.25, -0.2) is 27.2 Å². The molecule has 10 nitrogen and oxygen atoms in total. The predicted molar refractivity (Wildman–Crippen MR) is 149 cm³/mol. The van der Waals surface area contributed by atoms with E-state index in [9.17, 15) is 22.7 Å². The van der Waals surface area contributed by atoms with Gasteiger partial charge in [-0.2, -0.15) is 0 Å². The van der Waals surface area contributed by atoms with Crippen molar-refractivity contribution >= 4 is 39.2 Å². The number of aliphatic carboxylic acids is 1. The minimum absolute atomic E-state index is 0.0159. The zero-order valence-corrected chi connectivity index (χ0v) is 23.5. The van der Waals surface area contributed by atoms with E-state index in [1.54, 1.807) is 0 Å². The Kier molecular flexibility index (Phi) is 8.49. The number of carboxylic acid groups (broad SMARTS) is 1. The molecule has 1 aliphatic carbocycles. The summed E-state index contributed by atoms with van der Waals surface area (Å²) >= 11 is 6.12. The molecule has 5 rings (SSSR count). The lowest BCUT2D eigenvalue weighted by atomic mass is 9.93. The monoisotopic (exact) mass is 618 g/mol. The Morgan fingerprint density at radius 2 is 1.83 bits per heavy atom. The molecule has 42 heavy (non-hydrogen) atoms. The van der Waals surface area contributed by atoms with Crippen LogP contribution >= 0.6 is 11.6 Å². The summed E-state index contributed by atoms with van der Waals surface area (Å²) in [6, 6.07) is 4.45. The third-order valence-electron chi connectivity index (χ3n) is 6.98. The van der Waals surface area contributed by atoms with E-state index in [1.165, 1.54) is 18.5 Å². The van der Waals surface area contributed by atoms with E-state index in [0.717, 1.165) is 31.0 Å². The Bertz CT molecular complexity index is 1690. The Hall–Kier alpha value is -3.99. The van der Waals surface area contributed by atoms with E-state index >= 15 is 4.39 Å². The zero-order valence-electron chi connectivity index (χ0n) is 21.9. The van der Waals surface area contributed by atoms with Gasteiger partial charge in [0.25, 0.3) is 10.0 Å². The van der Waals surface area contributed by atoms with Gasteiger partial charge in [0.05, 0.1) is 35.9 Å². The van der Waals surface area contributed by atoms with Crippen LogP contribution in [0.15, 0.2) is 41.6 Å². The fraction of sp³-hybridized carbons (Fsp3) is 0.321. The largest absolute Gasteiger partial charge is 0.491 e. The summed E-state index contributed by atoms with van der Waals surface area (Å²) in [5.74, 6) is 1.27. The van der Waals surface area contributed by atoms with Gasteiger partial charge in [0.2, 0.25) is 5.95 Å². The van der Waals surface area contributed by atoms with Crippen molar-refractivity contribution in [1.82, 2.24) is 9.97 Å². The molecule has 2 aromatic carbocycles. The molecule has 1 fully saturated rings. The van der Waals surface area contributed by atoms with Crippen molar-refractivity contribution in [2.45, 2.75) is 55.1 Å². The maximum Gasteiger partial charge on any atom is 0.304 e. The summed E-state index contributed by atoms with van der Waals surface area (Å²) in [5.41, 5.74) is -0.667. The summed E-state index contributed by atoms with van der Waals surface area (Å²) in [7, 11) is -4.51. The van der Waals surface area contributed by atoms with Gasteiger partial charge in [-0.05, 0) is 49.9 Å². The summed E-state index contributed by atoms with van der Waals surface area (Å²) in [5, 5.41) is 22.0. The predicted octanol–water partition coefficient (Wildman–Crippen LogP) is 4.27. The van der Waals surface area contributed by atoms with Gasteiger partial charge in [-0.3, -0.25) is 9.52 Å². The third kappa shape index (κ3) is 6.56. The van der Waals surface area contributed by atoms with E-state index in [-0.39, 0.29) is 41.5 Å². The van der Waals surface area contributed by atoms with Crippen molar-refractivity contribution in [1.29, 1.82) is 0 Å². The molecule has 2 heterocycles. The van der Waals surface area contributed by atoms with Crippen LogP contribution in [0.4, 0.5) is 20.4 Å². The van der Waals surface area contributed by atoms with Crippen LogP contribution in [0.1, 0.15) is 54.7 Å². The molecule has 14 heteroatoms. The average molecular weight is 619 g/mol. The first-order chi connectivity index (χ1) is 20.0. The highest BCUT2D eigenvalue weighted by atomic mass is 35.5. The fourth-order valence-electron chi connectivity index (χ4n) is 4.85. The van der Waals surface area contributed by atoms with Crippen molar-refractivity contribution in [2.24, 2.45) is 0 Å². The molecule has 0 spiro atoms. The number of nitrogens with zero attached hydrogens (tertiary/aromatic N) is 2. The van der Waals surface area contributed by atoms with E-state index in [2.05, 4.69) is 31.8 Å². The number of nitrogens with one attached hydrogen (secondary N) is 2. The minimum Gasteiger partial charge on any atom is -0.491 e. The number of hydrogen-bond acceptors (Lipinski definition) is 8. The molecule has 0 bridgehead atoms. The first-order valence-electron chi connectivity index (χ1n) is 13.0. The number of aliphatic hydroxyl groups is 1. The van der Waals surface area contributed by atoms with Crippen molar-refractivity contribution in [3.8, 4) is 17.6 Å². The van der Waals surface area contributed by atoms with E-state index < -0.39 is 49.7 Å². The number of sulfonamides is 1. The molecule has 1 aromatic heterocycles. The average Bonchev–Trinajstić information content (AvgIpc) is 3.33. The fourth-order valence-corrected chi connectivity index (χ4v) is 6.40. The lowest BCUT2D eigenvalue weighted by Gasteiger charge is -2.25. The van der Waals surface area contributed by atoms with Crippen molar-refractivity contribution < 1.29 is 36.9 Å². The second kappa shape index (κ2) is 12.1. The first kappa shape index (κ1) is 29.5. The highest BCUT2D eigenvalue weighted by Gasteiger charge is 2.34. The molecular formula is C28H25ClF2N4O6S. The molecule has 3 aromatic rings. The molecule has 0 saturated heterocycles. The van der Waals surface area contributed by atoms with Crippen molar-refractivity contribution in [3.05, 3.63) is 70.0 Å². The summed E-state index contributed by atoms with van der Waals surface area (Å²) in [4.78, 5) is 19.1. The zero-order chi connectivity index (χ0) is 30.0. The second-order valence-corrected chi connectivity index (χ2v) is 12.1. The highest BCUT2D eigenvalue weighted by Crippen LogP contribution is 2.43. The lowest BCUT2D eigenvalue weighted by Crippen LogP contribution is -2.28. The van der Waals surface area contributed by atoms with Crippen LogP contribution in [0, 0.1) is 23.5 Å². The van der Waals surface area contributed by atoms with Crippen LogP contribution in [-0.4, -0.2) is 53.3 Å². The number of aliphatic hydroxyl groups excluding tert-OH is 1. The van der Waals surface area contributed by atoms with Crippen molar-refractivity contribution in [3.63, 3.8) is 0 Å². The van der Waals surface area contributed by atoms with Crippen molar-refractivity contribution in [2.75, 3.05) is 16.6 Å². The molecule has 1 saturated carbocycles. The summed E-state index contributed by atoms with van der Waals surface area (Å²) in [6.45, 7) is -0.0688. The van der Waals surface area contributed by atoms with Gasteiger partial charge in [0.15, 0.2) is 5.82 Å². The number of carboxylic acids is 1. The number of benzene rings is 2. The number of ether oxygens (including phenoxy) is 1. The SMILES string of the molecule is O=C(O)CC1COc2c1cc(Cl)cc2S(=O)(=O)Nc1ccc(F)c(C#Cc2cnc(N[C@H]3CC[C@H](O)CC3)nc2)c1F. The molecule has 1 unspecified atom stereocenters. The number of aromatic nitrogens is 2. The number of anilines is 2. The quantitative estimate of drug-likeness (QED) is 0.285. The van der Waals surface area contributed by atoms with Gasteiger partial charge < -0.3 is 20.3 Å². The summed E-state index contributed by atoms with van der Waals surface area (Å²) in [6.07, 6.45) is 5.13. The molecule has 4 N–H and O–H groups in total. The minimum atomic E-state index is -4.51. The van der Waals surface area contributed by atoms with Crippen LogP contribution in [0.2, 0.25) is 5.02 Å². The van der Waals surface area contributed by atoms with Gasteiger partial charge >= 0.3 is 5.97 Å². The third-order valence-corrected chi connectivity index (χ3v) is 8.57. The number of rotatable bonds is 7. The van der Waals surface area contributed by atoms with E-state index in [4.69, 9.17) is 21.4 Å². The van der Waals surface area contributed by atoms with Crippen LogP contribution in [0.3, 0.4) is 0 Å². The number of halogens is 3. The van der Waals surface area contributed by atoms with Gasteiger partial charge in [-0.15, -0.1) is 0 Å². The van der Waals surface area contributed by atoms with Crippen LogP contribution in [0.5, 0.6) is 5.75 Å². The molecule has 2 aliphatic rings. The highest BCUT2D eigenvalue weighted by molar-refractivity contribution is 7.92. The number of hydrogen-bond donors (Lipinski definition) is 4. The van der Waals surface area contributed by atoms with Crippen LogP contribution in [-0.2, 0) is 14.8 Å². The Balaban J connectivity index is 1.36. The van der Waals surface area contributed by atoms with E-state index in [0.29, 0.717) is 24.4 Å². The number of fused-ring (bicyclic) bond motifs is 1. The Morgan fingerprint density at radius 3 is 2.52 bits per heavy atom. The normalized spacial score (nSPS) is 19.7. The topological polar surface area (TPSA) is 151 Å². The summed E-state index contributed by atoms with van der Waals surface area (Å²) < 4.78 is 64.0. The van der Waals surface area contributed by atoms with Crippen LogP contribution in [0.25, 0.3) is 0 Å². The smallest absolute Gasteiger partial charge is 0.304 e. The van der Waals surface area contributed by atoms with Gasteiger partial charge in [-0.1, -0.05) is 23.4 Å². The standard InChI is InChI=1S/C28H25ClF2N4O6S/c29-17-10-21-16(9-25(37)38)14-41-27(21)24(11-17)42(39,40)35-23-8-7-22(30)20(26(23)31)6-1-15-12-32-28(33-13-15)34-18-2-4-19(36)5-3-18/h7-8,10-13,16,18-19,35-36H,2-5,9,14H2,(H,37,38)(H,32,33,34)/t16?,18-,19-.